The zero-order valence-corrected chi connectivity index (χ0v) is 15.2. The molecular formula is C17H32N2O3S. The standard InChI is InChI=1S/C17H32N2O3S/c1-2-3-4-5-6-7-8-9-10-11-12-19-16-14-23(21,22)13-15(16)18-17(19)20/h15-16H,2-14H2,1H3,(H,18,20). The molecule has 23 heavy (non-hydrogen) atoms. The summed E-state index contributed by atoms with van der Waals surface area (Å²) in [7, 11) is -2.97. The van der Waals surface area contributed by atoms with E-state index in [0.717, 1.165) is 12.8 Å². The number of nitrogens with one attached hydrogen (secondary N) is 1. The molecule has 2 aliphatic rings. The molecule has 2 fully saturated rings. The van der Waals surface area contributed by atoms with Crippen molar-refractivity contribution < 1.29 is 13.2 Å². The Hall–Kier alpha value is -0.780. The molecule has 0 saturated carbocycles. The van der Waals surface area contributed by atoms with Gasteiger partial charge in [-0.25, -0.2) is 13.2 Å². The van der Waals surface area contributed by atoms with Gasteiger partial charge in [-0.1, -0.05) is 64.7 Å². The molecule has 0 bridgehead atoms. The Kier molecular flexibility index (Phi) is 7.18. The minimum atomic E-state index is -2.97. The molecule has 134 valence electrons. The van der Waals surface area contributed by atoms with Crippen LogP contribution in [0, 0.1) is 0 Å². The lowest BCUT2D eigenvalue weighted by molar-refractivity contribution is 0.205. The summed E-state index contributed by atoms with van der Waals surface area (Å²) in [6.07, 6.45) is 12.6. The normalized spacial score (nSPS) is 25.6. The van der Waals surface area contributed by atoms with Crippen LogP contribution in [0.3, 0.4) is 0 Å². The second-order valence-electron chi connectivity index (χ2n) is 7.08. The van der Waals surface area contributed by atoms with E-state index in [1.807, 2.05) is 0 Å². The first-order valence-electron chi connectivity index (χ1n) is 9.31. The summed E-state index contributed by atoms with van der Waals surface area (Å²) < 4.78 is 23.3. The summed E-state index contributed by atoms with van der Waals surface area (Å²) in [6.45, 7) is 2.93. The van der Waals surface area contributed by atoms with Crippen LogP contribution in [0.4, 0.5) is 4.79 Å². The van der Waals surface area contributed by atoms with E-state index in [-0.39, 0.29) is 29.6 Å². The number of nitrogens with zero attached hydrogens (tertiary/aromatic N) is 1. The first-order valence-corrected chi connectivity index (χ1v) is 11.1. The fourth-order valence-corrected chi connectivity index (χ4v) is 5.62. The second kappa shape index (κ2) is 8.90. The highest BCUT2D eigenvalue weighted by atomic mass is 32.2. The molecule has 2 aliphatic heterocycles. The first kappa shape index (κ1) is 18.6. The average Bonchev–Trinajstić information content (AvgIpc) is 2.92. The molecule has 0 radical (unpaired) electrons. The molecule has 0 aromatic carbocycles. The smallest absolute Gasteiger partial charge is 0.318 e. The highest BCUT2D eigenvalue weighted by molar-refractivity contribution is 7.91. The number of sulfone groups is 1. The van der Waals surface area contributed by atoms with Gasteiger partial charge in [-0.3, -0.25) is 0 Å². The SMILES string of the molecule is CCCCCCCCCCCCN1C(=O)NC2CS(=O)(=O)CC21. The topological polar surface area (TPSA) is 66.5 Å². The summed E-state index contributed by atoms with van der Waals surface area (Å²) in [5.41, 5.74) is 0. The minimum Gasteiger partial charge on any atom is -0.332 e. The fourth-order valence-electron chi connectivity index (χ4n) is 3.70. The number of amides is 2. The zero-order valence-electron chi connectivity index (χ0n) is 14.4. The lowest BCUT2D eigenvalue weighted by Gasteiger charge is -2.21. The molecule has 2 atom stereocenters. The molecule has 0 aromatic heterocycles. The number of rotatable bonds is 11. The van der Waals surface area contributed by atoms with Crippen LogP contribution in [0.2, 0.25) is 0 Å². The van der Waals surface area contributed by atoms with Gasteiger partial charge in [0.25, 0.3) is 0 Å². The van der Waals surface area contributed by atoms with E-state index in [1.165, 1.54) is 51.4 Å². The second-order valence-corrected chi connectivity index (χ2v) is 9.23. The van der Waals surface area contributed by atoms with Crippen molar-refractivity contribution in [1.29, 1.82) is 0 Å². The zero-order chi connectivity index (χ0) is 16.7. The largest absolute Gasteiger partial charge is 0.332 e. The highest BCUT2D eigenvalue weighted by Crippen LogP contribution is 2.24. The molecule has 6 heteroatoms. The molecule has 2 rings (SSSR count). The lowest BCUT2D eigenvalue weighted by atomic mass is 10.1. The van der Waals surface area contributed by atoms with Crippen molar-refractivity contribution in [1.82, 2.24) is 10.2 Å². The van der Waals surface area contributed by atoms with E-state index in [0.29, 0.717) is 6.54 Å². The molecule has 0 aromatic rings. The van der Waals surface area contributed by atoms with Crippen molar-refractivity contribution in [3.05, 3.63) is 0 Å². The third kappa shape index (κ3) is 5.66. The van der Waals surface area contributed by atoms with Crippen molar-refractivity contribution in [3.63, 3.8) is 0 Å². The summed E-state index contributed by atoms with van der Waals surface area (Å²) in [5.74, 6) is 0.242. The number of hydrogen-bond donors (Lipinski definition) is 1. The van der Waals surface area contributed by atoms with Crippen molar-refractivity contribution in [3.8, 4) is 0 Å². The molecule has 2 heterocycles. The van der Waals surface area contributed by atoms with Crippen LogP contribution in [0.25, 0.3) is 0 Å². The van der Waals surface area contributed by atoms with Gasteiger partial charge in [0.15, 0.2) is 9.84 Å². The van der Waals surface area contributed by atoms with Gasteiger partial charge in [-0.15, -0.1) is 0 Å². The molecule has 5 nitrogen and oxygen atoms in total. The average molecular weight is 345 g/mol. The molecule has 1 N–H and O–H groups in total. The predicted octanol–water partition coefficient (Wildman–Crippen LogP) is 3.10. The van der Waals surface area contributed by atoms with Crippen LogP contribution < -0.4 is 5.32 Å². The Bertz CT molecular complexity index is 478. The van der Waals surface area contributed by atoms with Gasteiger partial charge in [0, 0.05) is 6.54 Å². The number of unbranched alkanes of at least 4 members (excludes halogenated alkanes) is 9. The van der Waals surface area contributed by atoms with Gasteiger partial charge in [-0.2, -0.15) is 0 Å². The summed E-state index contributed by atoms with van der Waals surface area (Å²) in [6, 6.07) is -0.396. The Balaban J connectivity index is 1.53. The van der Waals surface area contributed by atoms with Crippen LogP contribution in [0.1, 0.15) is 71.1 Å². The fraction of sp³-hybridized carbons (Fsp3) is 0.941. The van der Waals surface area contributed by atoms with Crippen LogP contribution in [0.5, 0.6) is 0 Å². The van der Waals surface area contributed by atoms with Gasteiger partial charge < -0.3 is 10.2 Å². The Morgan fingerprint density at radius 2 is 1.52 bits per heavy atom. The van der Waals surface area contributed by atoms with Crippen LogP contribution in [-0.2, 0) is 9.84 Å². The van der Waals surface area contributed by atoms with Crippen LogP contribution in [-0.4, -0.2) is 49.5 Å². The van der Waals surface area contributed by atoms with Gasteiger partial charge in [0.05, 0.1) is 23.6 Å². The van der Waals surface area contributed by atoms with Gasteiger partial charge in [0.2, 0.25) is 0 Å². The molecule has 0 aliphatic carbocycles. The van der Waals surface area contributed by atoms with Gasteiger partial charge in [-0.05, 0) is 6.42 Å². The van der Waals surface area contributed by atoms with Crippen molar-refractivity contribution in [2.45, 2.75) is 83.2 Å². The Morgan fingerprint density at radius 1 is 0.957 bits per heavy atom. The number of urea groups is 1. The van der Waals surface area contributed by atoms with Crippen molar-refractivity contribution in [2.75, 3.05) is 18.1 Å². The van der Waals surface area contributed by atoms with Crippen molar-refractivity contribution >= 4 is 15.9 Å². The number of fused-ring (bicyclic) bond motifs is 1. The first-order chi connectivity index (χ1) is 11.0. The molecule has 2 unspecified atom stereocenters. The van der Waals surface area contributed by atoms with Crippen LogP contribution >= 0.6 is 0 Å². The van der Waals surface area contributed by atoms with E-state index >= 15 is 0 Å². The van der Waals surface area contributed by atoms with Gasteiger partial charge >= 0.3 is 6.03 Å². The number of hydrogen-bond acceptors (Lipinski definition) is 3. The van der Waals surface area contributed by atoms with E-state index in [1.54, 1.807) is 4.90 Å². The minimum absolute atomic E-state index is 0.0779. The molecule has 2 saturated heterocycles. The number of carbonyl (C=O) groups excluding carboxylic acids is 1. The third-order valence-corrected chi connectivity index (χ3v) is 6.76. The maximum atomic E-state index is 11.9. The monoisotopic (exact) mass is 344 g/mol. The molecule has 2 amide bonds. The van der Waals surface area contributed by atoms with E-state index in [2.05, 4.69) is 12.2 Å². The maximum absolute atomic E-state index is 11.9. The van der Waals surface area contributed by atoms with Gasteiger partial charge in [0.1, 0.15) is 0 Å². The van der Waals surface area contributed by atoms with Crippen LogP contribution in [0.15, 0.2) is 0 Å². The summed E-state index contributed by atoms with van der Waals surface area (Å²) in [5, 5.41) is 2.81. The quantitative estimate of drug-likeness (QED) is 0.463. The summed E-state index contributed by atoms with van der Waals surface area (Å²) in [4.78, 5) is 13.7. The molecular weight excluding hydrogens is 312 g/mol. The third-order valence-electron chi connectivity index (χ3n) is 5.05. The van der Waals surface area contributed by atoms with E-state index in [9.17, 15) is 13.2 Å². The maximum Gasteiger partial charge on any atom is 0.318 e. The predicted molar refractivity (Wildman–Crippen MR) is 93.3 cm³/mol. The Morgan fingerprint density at radius 3 is 2.13 bits per heavy atom. The molecule has 0 spiro atoms. The summed E-state index contributed by atoms with van der Waals surface area (Å²) >= 11 is 0. The van der Waals surface area contributed by atoms with E-state index < -0.39 is 9.84 Å². The lowest BCUT2D eigenvalue weighted by Crippen LogP contribution is -2.37. The Labute approximate surface area is 141 Å². The van der Waals surface area contributed by atoms with E-state index in [4.69, 9.17) is 0 Å². The van der Waals surface area contributed by atoms with Crippen molar-refractivity contribution in [2.24, 2.45) is 0 Å². The number of carbonyl (C=O) groups is 1. The highest BCUT2D eigenvalue weighted by Gasteiger charge is 2.48.